The Kier molecular flexibility index (Phi) is 12.4. The van der Waals surface area contributed by atoms with E-state index in [1.165, 1.54) is 50.2 Å². The fourth-order valence-corrected chi connectivity index (χ4v) is 9.70. The predicted molar refractivity (Wildman–Crippen MR) is 258 cm³/mol. The van der Waals surface area contributed by atoms with Crippen molar-refractivity contribution >= 4 is 11.3 Å². The van der Waals surface area contributed by atoms with Crippen LogP contribution in [0.1, 0.15) is 79.7 Å². The minimum absolute atomic E-state index is 0.107. The molecule has 6 aliphatic rings. The van der Waals surface area contributed by atoms with Crippen molar-refractivity contribution < 1.29 is 9.47 Å². The number of benzene rings is 3. The van der Waals surface area contributed by atoms with Gasteiger partial charge in [0.05, 0.1) is 6.04 Å². The van der Waals surface area contributed by atoms with Gasteiger partial charge in [-0.25, -0.2) is 0 Å². The summed E-state index contributed by atoms with van der Waals surface area (Å²) < 4.78 is 12.8. The van der Waals surface area contributed by atoms with Crippen LogP contribution in [0.15, 0.2) is 204 Å². The van der Waals surface area contributed by atoms with Crippen LogP contribution >= 0.6 is 0 Å². The number of hydrogen-bond acceptors (Lipinski definition) is 5. The normalized spacial score (nSPS) is 22.1. The molecule has 3 aromatic rings. The van der Waals surface area contributed by atoms with E-state index in [0.717, 1.165) is 85.6 Å². The SMILES string of the molecule is C=C(/C=C(\C=C/Nc1cc2c(c(C3=CCC4C(=C3)Oc3ccccc34)c1)CC(C)O2)C1=CC=CC(CN(C)C(/C=C(\NC)C2=CCCC=C2)c2ccccc2)C1)C1=CC=CCC1. The van der Waals surface area contributed by atoms with Crippen LogP contribution in [0.25, 0.3) is 5.57 Å². The zero-order chi connectivity index (χ0) is 42.4. The first-order valence-electron chi connectivity index (χ1n) is 22.5. The second-order valence-corrected chi connectivity index (χ2v) is 17.3. The third kappa shape index (κ3) is 9.15. The average Bonchev–Trinajstić information content (AvgIpc) is 3.88. The molecule has 0 amide bonds. The lowest BCUT2D eigenvalue weighted by Crippen LogP contribution is -2.30. The molecular weight excluding hydrogens is 759 g/mol. The van der Waals surface area contributed by atoms with Crippen molar-refractivity contribution in [3.63, 3.8) is 0 Å². The van der Waals surface area contributed by atoms with E-state index in [2.05, 4.69) is 194 Å². The van der Waals surface area contributed by atoms with E-state index in [9.17, 15) is 0 Å². The molecular formula is C57H59N3O2. The van der Waals surface area contributed by atoms with E-state index in [0.29, 0.717) is 5.92 Å². The lowest BCUT2D eigenvalue weighted by Gasteiger charge is -2.31. The highest BCUT2D eigenvalue weighted by molar-refractivity contribution is 5.82. The minimum Gasteiger partial charge on any atom is -0.490 e. The van der Waals surface area contributed by atoms with Crippen molar-refractivity contribution in [2.75, 3.05) is 26.0 Å². The second kappa shape index (κ2) is 18.8. The zero-order valence-electron chi connectivity index (χ0n) is 36.4. The van der Waals surface area contributed by atoms with Gasteiger partial charge in [0.15, 0.2) is 0 Å². The molecule has 5 nitrogen and oxygen atoms in total. The molecule has 0 radical (unpaired) electrons. The van der Waals surface area contributed by atoms with Gasteiger partial charge in [0.25, 0.3) is 0 Å². The summed E-state index contributed by atoms with van der Waals surface area (Å²) in [6, 6.07) is 23.8. The van der Waals surface area contributed by atoms with E-state index in [-0.39, 0.29) is 18.1 Å². The van der Waals surface area contributed by atoms with Gasteiger partial charge in [-0.3, -0.25) is 4.90 Å². The molecule has 0 saturated heterocycles. The number of anilines is 1. The van der Waals surface area contributed by atoms with Gasteiger partial charge in [-0.1, -0.05) is 116 Å². The summed E-state index contributed by atoms with van der Waals surface area (Å²) in [6.07, 6.45) is 41.1. The molecule has 2 aliphatic heterocycles. The highest BCUT2D eigenvalue weighted by Gasteiger charge is 2.33. The third-order valence-corrected chi connectivity index (χ3v) is 12.9. The van der Waals surface area contributed by atoms with Crippen LogP contribution in [0.5, 0.6) is 11.5 Å². The number of allylic oxidation sites excluding steroid dienone is 18. The van der Waals surface area contributed by atoms with Crippen LogP contribution in [0.2, 0.25) is 0 Å². The maximum absolute atomic E-state index is 6.39. The minimum atomic E-state index is 0.107. The highest BCUT2D eigenvalue weighted by Crippen LogP contribution is 2.48. The average molecular weight is 818 g/mol. The van der Waals surface area contributed by atoms with E-state index in [1.807, 2.05) is 7.05 Å². The Bertz CT molecular complexity index is 2550. The van der Waals surface area contributed by atoms with Crippen LogP contribution in [0.4, 0.5) is 5.69 Å². The molecule has 314 valence electrons. The Labute approximate surface area is 369 Å². The first-order valence-corrected chi connectivity index (χ1v) is 22.5. The number of likely N-dealkylation sites (N-methyl/N-ethyl adjacent to an activating group) is 2. The maximum Gasteiger partial charge on any atom is 0.130 e. The van der Waals surface area contributed by atoms with Crippen molar-refractivity contribution in [2.24, 2.45) is 5.92 Å². The number of fused-ring (bicyclic) bond motifs is 4. The van der Waals surface area contributed by atoms with Gasteiger partial charge in [-0.05, 0) is 139 Å². The second-order valence-electron chi connectivity index (χ2n) is 17.3. The fourth-order valence-electron chi connectivity index (χ4n) is 9.70. The monoisotopic (exact) mass is 817 g/mol. The molecule has 0 aromatic heterocycles. The van der Waals surface area contributed by atoms with E-state index in [1.54, 1.807) is 0 Å². The van der Waals surface area contributed by atoms with Crippen LogP contribution in [-0.4, -0.2) is 31.6 Å². The number of para-hydroxylation sites is 1. The zero-order valence-corrected chi connectivity index (χ0v) is 36.4. The quantitative estimate of drug-likeness (QED) is 0.159. The largest absolute Gasteiger partial charge is 0.490 e. The summed E-state index contributed by atoms with van der Waals surface area (Å²) in [5, 5.41) is 7.18. The molecule has 0 spiro atoms. The number of ether oxygens (including phenoxy) is 2. The molecule has 62 heavy (non-hydrogen) atoms. The number of nitrogens with zero attached hydrogens (tertiary/aromatic N) is 1. The van der Waals surface area contributed by atoms with Crippen LogP contribution in [0, 0.1) is 5.92 Å². The summed E-state index contributed by atoms with van der Waals surface area (Å²) in [6.45, 7) is 7.64. The molecule has 2 heterocycles. The number of hydrogen-bond donors (Lipinski definition) is 2. The van der Waals surface area contributed by atoms with Gasteiger partial charge in [-0.15, -0.1) is 0 Å². The summed E-state index contributed by atoms with van der Waals surface area (Å²) in [5.74, 6) is 3.57. The Morgan fingerprint density at radius 2 is 1.79 bits per heavy atom. The molecule has 0 fully saturated rings. The molecule has 3 aromatic carbocycles. The molecule has 9 rings (SSSR count). The Morgan fingerprint density at radius 3 is 2.61 bits per heavy atom. The predicted octanol–water partition coefficient (Wildman–Crippen LogP) is 13.1. The van der Waals surface area contributed by atoms with E-state index in [4.69, 9.17) is 9.47 Å². The van der Waals surface area contributed by atoms with E-state index >= 15 is 0 Å². The van der Waals surface area contributed by atoms with Gasteiger partial charge in [0.2, 0.25) is 0 Å². The van der Waals surface area contributed by atoms with Crippen LogP contribution < -0.4 is 20.1 Å². The van der Waals surface area contributed by atoms with Crippen molar-refractivity contribution in [1.29, 1.82) is 0 Å². The molecule has 0 bridgehead atoms. The number of rotatable bonds is 14. The first-order chi connectivity index (χ1) is 30.4. The summed E-state index contributed by atoms with van der Waals surface area (Å²) in [4.78, 5) is 2.50. The number of nitrogens with one attached hydrogen (secondary N) is 2. The molecule has 5 heteroatoms. The molecule has 0 saturated carbocycles. The van der Waals surface area contributed by atoms with Gasteiger partial charge in [0, 0.05) is 60.7 Å². The fraction of sp³-hybridized carbons (Fsp3) is 0.263. The Hall–Kier alpha value is -6.30. The topological polar surface area (TPSA) is 45.8 Å². The molecule has 2 N–H and O–H groups in total. The van der Waals surface area contributed by atoms with Crippen LogP contribution in [-0.2, 0) is 6.42 Å². The molecule has 4 atom stereocenters. The van der Waals surface area contributed by atoms with Crippen molar-refractivity contribution in [3.05, 3.63) is 226 Å². The summed E-state index contributed by atoms with van der Waals surface area (Å²) >= 11 is 0. The molecule has 4 aliphatic carbocycles. The maximum atomic E-state index is 6.39. The lowest BCUT2D eigenvalue weighted by atomic mass is 9.86. The van der Waals surface area contributed by atoms with Gasteiger partial charge >= 0.3 is 0 Å². The Morgan fingerprint density at radius 1 is 0.935 bits per heavy atom. The first kappa shape index (κ1) is 41.1. The lowest BCUT2D eigenvalue weighted by molar-refractivity contribution is 0.255. The summed E-state index contributed by atoms with van der Waals surface area (Å²) in [5.41, 5.74) is 14.5. The smallest absolute Gasteiger partial charge is 0.130 e. The standard InChI is InChI=1S/C57H59N3O2/c1-39(42-18-8-5-9-19-42)31-46(45-24-16-17-41(33-45)38-60(4)54(44-22-12-7-13-23-44)37-53(58-3)43-20-10-6-11-21-43)29-30-59-48-35-51(52-32-40(2)61-57(52)36-48)47-27-28-50-49-25-14-15-26-55(49)62-56(50)34-47/h5,7-8,10,12-18,20-27,29-31,34-37,40-41,50,54,58-59H,1,6,9,11,19,28,32-33,38H2,2-4H3/b30-29-,46-31+,53-37-. The Balaban J connectivity index is 0.961. The van der Waals surface area contributed by atoms with Gasteiger partial charge in [0.1, 0.15) is 23.4 Å². The van der Waals surface area contributed by atoms with E-state index < -0.39 is 0 Å². The third-order valence-electron chi connectivity index (χ3n) is 12.9. The van der Waals surface area contributed by atoms with Crippen LogP contribution in [0.3, 0.4) is 0 Å². The van der Waals surface area contributed by atoms with Gasteiger partial charge in [-0.2, -0.15) is 0 Å². The van der Waals surface area contributed by atoms with Crippen molar-refractivity contribution in [3.8, 4) is 11.5 Å². The summed E-state index contributed by atoms with van der Waals surface area (Å²) in [7, 11) is 4.29. The van der Waals surface area contributed by atoms with Gasteiger partial charge < -0.3 is 20.1 Å². The van der Waals surface area contributed by atoms with Crippen molar-refractivity contribution in [2.45, 2.75) is 69.9 Å². The molecule has 4 unspecified atom stereocenters. The van der Waals surface area contributed by atoms with Crippen molar-refractivity contribution in [1.82, 2.24) is 10.2 Å². The highest BCUT2D eigenvalue weighted by atomic mass is 16.5.